The van der Waals surface area contributed by atoms with Crippen molar-refractivity contribution in [1.29, 1.82) is 0 Å². The molecule has 0 spiro atoms. The van der Waals surface area contributed by atoms with Crippen molar-refractivity contribution in [2.75, 3.05) is 5.01 Å². The number of nitrogens with two attached hydrogens (primary N) is 2. The predicted octanol–water partition coefficient (Wildman–Crippen LogP) is 3.97. The summed E-state index contributed by atoms with van der Waals surface area (Å²) in [6.45, 7) is 9.32. The van der Waals surface area contributed by atoms with Gasteiger partial charge in [-0.3, -0.25) is 14.8 Å². The van der Waals surface area contributed by atoms with Gasteiger partial charge in [0.25, 0.3) is 5.56 Å². The average Bonchev–Trinajstić information content (AvgIpc) is 2.85. The molecule has 8 heteroatoms. The summed E-state index contributed by atoms with van der Waals surface area (Å²) in [5.74, 6) is 6.56. The van der Waals surface area contributed by atoms with E-state index in [1.54, 1.807) is 31.3 Å². The van der Waals surface area contributed by atoms with E-state index >= 15 is 0 Å². The van der Waals surface area contributed by atoms with Gasteiger partial charge in [0.15, 0.2) is 0 Å². The molecule has 0 unspecified atom stereocenters. The van der Waals surface area contributed by atoms with Crippen LogP contribution in [-0.2, 0) is 0 Å². The average molecular weight is 481 g/mol. The lowest BCUT2D eigenvalue weighted by Crippen LogP contribution is -2.42. The largest absolute Gasteiger partial charge is 0.401 e. The molecule has 0 atom stereocenters. The van der Waals surface area contributed by atoms with Gasteiger partial charge in [-0.25, -0.2) is 15.2 Å². The number of aryl methyl sites for hydroxylation is 2. The summed E-state index contributed by atoms with van der Waals surface area (Å²) in [5, 5.41) is 2.69. The Morgan fingerprint density at radius 2 is 1.86 bits per heavy atom. The van der Waals surface area contributed by atoms with Gasteiger partial charge in [-0.05, 0) is 44.0 Å². The molecule has 4 rings (SSSR count). The van der Waals surface area contributed by atoms with Crippen LogP contribution in [0.3, 0.4) is 0 Å². The van der Waals surface area contributed by atoms with Crippen LogP contribution in [-0.4, -0.2) is 14.5 Å². The van der Waals surface area contributed by atoms with Gasteiger partial charge in [-0.15, -0.1) is 0 Å². The van der Waals surface area contributed by atoms with E-state index < -0.39 is 11.2 Å². The zero-order chi connectivity index (χ0) is 26.0. The maximum atomic E-state index is 14.1. The molecule has 2 heterocycles. The fourth-order valence-corrected chi connectivity index (χ4v) is 4.04. The Morgan fingerprint density at radius 1 is 1.11 bits per heavy atom. The molecule has 0 amide bonds. The number of pyridine rings is 1. The van der Waals surface area contributed by atoms with Crippen molar-refractivity contribution >= 4 is 16.5 Å². The number of hydrogen-bond acceptors (Lipinski definition) is 6. The maximum Gasteiger partial charge on any atom is 0.333 e. The van der Waals surface area contributed by atoms with Gasteiger partial charge in [0, 0.05) is 28.2 Å². The fraction of sp³-hybridized carbons (Fsp3) is 0.107. The predicted molar refractivity (Wildman–Crippen MR) is 146 cm³/mol. The summed E-state index contributed by atoms with van der Waals surface area (Å²) in [5.41, 5.74) is 9.08. The minimum atomic E-state index is -0.613. The van der Waals surface area contributed by atoms with Crippen LogP contribution in [0.4, 0.5) is 5.69 Å². The van der Waals surface area contributed by atoms with Crippen LogP contribution in [0, 0.1) is 13.8 Å². The molecule has 8 nitrogen and oxygen atoms in total. The van der Waals surface area contributed by atoms with E-state index in [2.05, 4.69) is 16.5 Å². The highest BCUT2D eigenvalue weighted by Crippen LogP contribution is 2.29. The molecular formula is C28H28N6O2. The van der Waals surface area contributed by atoms with Gasteiger partial charge in [-0.2, -0.15) is 0 Å². The van der Waals surface area contributed by atoms with Crippen molar-refractivity contribution in [3.05, 3.63) is 123 Å². The van der Waals surface area contributed by atoms with Crippen LogP contribution < -0.4 is 27.8 Å². The molecule has 0 radical (unpaired) electrons. The number of nitrogens with zero attached hydrogens (tertiary/aromatic N) is 3. The third kappa shape index (κ3) is 4.37. The monoisotopic (exact) mass is 480 g/mol. The van der Waals surface area contributed by atoms with E-state index in [1.807, 2.05) is 56.3 Å². The second-order valence-electron chi connectivity index (χ2n) is 8.51. The van der Waals surface area contributed by atoms with Crippen LogP contribution in [0.2, 0.25) is 0 Å². The lowest BCUT2D eigenvalue weighted by molar-refractivity contribution is 0.855. The van der Waals surface area contributed by atoms with Crippen molar-refractivity contribution < 1.29 is 0 Å². The molecular weight excluding hydrogens is 452 g/mol. The first-order chi connectivity index (χ1) is 17.2. The van der Waals surface area contributed by atoms with Crippen molar-refractivity contribution in [1.82, 2.24) is 14.5 Å². The van der Waals surface area contributed by atoms with Crippen molar-refractivity contribution in [2.45, 2.75) is 20.8 Å². The highest BCUT2D eigenvalue weighted by molar-refractivity contribution is 5.89. The number of anilines is 1. The molecule has 0 aliphatic rings. The molecule has 0 saturated heterocycles. The molecule has 36 heavy (non-hydrogen) atoms. The molecule has 0 fully saturated rings. The Bertz CT molecular complexity index is 1650. The van der Waals surface area contributed by atoms with Gasteiger partial charge >= 0.3 is 5.69 Å². The Morgan fingerprint density at radius 3 is 2.56 bits per heavy atom. The SMILES string of the molecule is C=C/C=C\C(=C(/C)N)N(N)c1c(-c2ccc(C)c(C)c2)[nH]c(=O)n(-c2cncc3ccccc23)c1=O. The molecule has 0 saturated carbocycles. The van der Waals surface area contributed by atoms with Crippen molar-refractivity contribution in [2.24, 2.45) is 11.6 Å². The Balaban J connectivity index is 2.11. The smallest absolute Gasteiger partial charge is 0.333 e. The Kier molecular flexibility index (Phi) is 6.71. The molecule has 0 aliphatic carbocycles. The molecule has 0 aliphatic heterocycles. The van der Waals surface area contributed by atoms with Gasteiger partial charge in [0.1, 0.15) is 5.69 Å². The Hall–Kier alpha value is -4.69. The van der Waals surface area contributed by atoms with Crippen molar-refractivity contribution in [3.63, 3.8) is 0 Å². The second-order valence-corrected chi connectivity index (χ2v) is 8.51. The number of allylic oxidation sites excluding steroid dienone is 4. The second kappa shape index (κ2) is 9.89. The maximum absolute atomic E-state index is 14.1. The number of hydrogen-bond donors (Lipinski definition) is 3. The number of H-pyrrole nitrogens is 1. The van der Waals surface area contributed by atoms with Crippen LogP contribution in [0.15, 0.2) is 101 Å². The zero-order valence-corrected chi connectivity index (χ0v) is 20.4. The van der Waals surface area contributed by atoms with Gasteiger partial charge < -0.3 is 10.7 Å². The third-order valence-corrected chi connectivity index (χ3v) is 6.06. The van der Waals surface area contributed by atoms with Crippen LogP contribution in [0.25, 0.3) is 27.7 Å². The van der Waals surface area contributed by atoms with Crippen LogP contribution >= 0.6 is 0 Å². The summed E-state index contributed by atoms with van der Waals surface area (Å²) in [6, 6.07) is 13.1. The first kappa shape index (κ1) is 24.4. The first-order valence-corrected chi connectivity index (χ1v) is 11.3. The molecule has 182 valence electrons. The summed E-state index contributed by atoms with van der Waals surface area (Å²) in [7, 11) is 0. The summed E-state index contributed by atoms with van der Waals surface area (Å²) >= 11 is 0. The van der Waals surface area contributed by atoms with E-state index in [0.717, 1.165) is 21.1 Å². The highest BCUT2D eigenvalue weighted by atomic mass is 16.2. The molecule has 4 aromatic rings. The number of rotatable bonds is 6. The van der Waals surface area contributed by atoms with Crippen LogP contribution in [0.1, 0.15) is 18.1 Å². The van der Waals surface area contributed by atoms with E-state index in [0.29, 0.717) is 28.0 Å². The highest BCUT2D eigenvalue weighted by Gasteiger charge is 2.23. The van der Waals surface area contributed by atoms with E-state index in [4.69, 9.17) is 11.6 Å². The van der Waals surface area contributed by atoms with E-state index in [-0.39, 0.29) is 11.4 Å². The molecule has 5 N–H and O–H groups in total. The number of aromatic amines is 1. The van der Waals surface area contributed by atoms with Gasteiger partial charge in [0.2, 0.25) is 0 Å². The number of nitrogens with one attached hydrogen (secondary N) is 1. The van der Waals surface area contributed by atoms with Gasteiger partial charge in [-0.1, -0.05) is 55.1 Å². The summed E-state index contributed by atoms with van der Waals surface area (Å²) < 4.78 is 1.05. The van der Waals surface area contributed by atoms with Gasteiger partial charge in [0.05, 0.1) is 23.3 Å². The van der Waals surface area contributed by atoms with E-state index in [9.17, 15) is 9.59 Å². The molecule has 2 aromatic heterocycles. The number of fused-ring (bicyclic) bond motifs is 1. The zero-order valence-electron chi connectivity index (χ0n) is 20.4. The number of hydrazine groups is 1. The van der Waals surface area contributed by atoms with Crippen molar-refractivity contribution in [3.8, 4) is 16.9 Å². The minimum absolute atomic E-state index is 0.0549. The number of aromatic nitrogens is 3. The molecule has 2 aromatic carbocycles. The minimum Gasteiger partial charge on any atom is -0.401 e. The van der Waals surface area contributed by atoms with Crippen LogP contribution in [0.5, 0.6) is 0 Å². The fourth-order valence-electron chi connectivity index (χ4n) is 4.04. The lowest BCUT2D eigenvalue weighted by atomic mass is 10.0. The first-order valence-electron chi connectivity index (χ1n) is 11.3. The topological polar surface area (TPSA) is 123 Å². The quantitative estimate of drug-likeness (QED) is 0.218. The lowest BCUT2D eigenvalue weighted by Gasteiger charge is -2.24. The normalized spacial score (nSPS) is 12.1. The number of benzene rings is 2. The van der Waals surface area contributed by atoms with E-state index in [1.165, 1.54) is 11.2 Å². The third-order valence-electron chi connectivity index (χ3n) is 6.06. The molecule has 0 bridgehead atoms. The summed E-state index contributed by atoms with van der Waals surface area (Å²) in [4.78, 5) is 34.7. The Labute approximate surface area is 208 Å². The standard InChI is InChI=1S/C28H28N6O2/c1-5-6-11-23(19(4)29)34(30)26-25(20-13-12-17(2)18(3)14-20)32-28(36)33(27(26)35)24-16-31-15-21-9-7-8-10-22(21)24/h5-16H,1,29-30H2,2-4H3,(H,32,36)/b11-6-,23-19-. The summed E-state index contributed by atoms with van der Waals surface area (Å²) in [6.07, 6.45) is 8.06.